The van der Waals surface area contributed by atoms with Crippen LogP contribution in [0.15, 0.2) is 23.0 Å². The standard InChI is InChI=1S/C10H10N2O2/c1-6-9-7(4-3-5-8(9)13)10(14)12(2)11-6/h3-5,13H,1-2H3. The molecule has 0 radical (unpaired) electrons. The van der Waals surface area contributed by atoms with Crippen molar-refractivity contribution in [1.29, 1.82) is 0 Å². The van der Waals surface area contributed by atoms with Crippen molar-refractivity contribution in [2.24, 2.45) is 7.05 Å². The molecule has 0 spiro atoms. The highest BCUT2D eigenvalue weighted by Gasteiger charge is 2.08. The average Bonchev–Trinajstić information content (AvgIpc) is 2.14. The topological polar surface area (TPSA) is 55.1 Å². The van der Waals surface area contributed by atoms with Gasteiger partial charge in [-0.15, -0.1) is 0 Å². The Balaban J connectivity index is 3.10. The Morgan fingerprint density at radius 2 is 2.14 bits per heavy atom. The second-order valence-corrected chi connectivity index (χ2v) is 3.21. The van der Waals surface area contributed by atoms with E-state index in [1.54, 1.807) is 32.2 Å². The number of phenolic OH excluding ortho intramolecular Hbond substituents is 1. The van der Waals surface area contributed by atoms with Crippen molar-refractivity contribution in [1.82, 2.24) is 9.78 Å². The van der Waals surface area contributed by atoms with Gasteiger partial charge in [-0.3, -0.25) is 4.79 Å². The maximum absolute atomic E-state index is 11.6. The fourth-order valence-corrected chi connectivity index (χ4v) is 1.59. The van der Waals surface area contributed by atoms with E-state index in [4.69, 9.17) is 0 Å². The molecule has 0 aliphatic carbocycles. The number of aromatic nitrogens is 2. The number of benzene rings is 1. The number of hydrogen-bond donors (Lipinski definition) is 1. The van der Waals surface area contributed by atoms with Gasteiger partial charge in [0.05, 0.1) is 16.5 Å². The molecule has 2 rings (SSSR count). The molecule has 0 saturated heterocycles. The maximum Gasteiger partial charge on any atom is 0.274 e. The predicted octanol–water partition coefficient (Wildman–Crippen LogP) is 0.948. The van der Waals surface area contributed by atoms with Gasteiger partial charge >= 0.3 is 0 Å². The lowest BCUT2D eigenvalue weighted by Gasteiger charge is -2.05. The second kappa shape index (κ2) is 2.83. The summed E-state index contributed by atoms with van der Waals surface area (Å²) in [6, 6.07) is 4.89. The summed E-state index contributed by atoms with van der Waals surface area (Å²) < 4.78 is 1.27. The van der Waals surface area contributed by atoms with Crippen molar-refractivity contribution in [2.75, 3.05) is 0 Å². The Morgan fingerprint density at radius 3 is 2.86 bits per heavy atom. The van der Waals surface area contributed by atoms with Crippen molar-refractivity contribution in [3.05, 3.63) is 34.2 Å². The third-order valence-electron chi connectivity index (χ3n) is 2.23. The molecular weight excluding hydrogens is 180 g/mol. The largest absolute Gasteiger partial charge is 0.507 e. The highest BCUT2D eigenvalue weighted by atomic mass is 16.3. The van der Waals surface area contributed by atoms with Gasteiger partial charge in [-0.25, -0.2) is 4.68 Å². The van der Waals surface area contributed by atoms with E-state index < -0.39 is 0 Å². The van der Waals surface area contributed by atoms with Crippen LogP contribution in [0.5, 0.6) is 5.75 Å². The number of fused-ring (bicyclic) bond motifs is 1. The van der Waals surface area contributed by atoms with Crippen LogP contribution in [-0.4, -0.2) is 14.9 Å². The van der Waals surface area contributed by atoms with Crippen LogP contribution in [0.25, 0.3) is 10.8 Å². The summed E-state index contributed by atoms with van der Waals surface area (Å²) in [5, 5.41) is 14.6. The zero-order valence-electron chi connectivity index (χ0n) is 7.98. The van der Waals surface area contributed by atoms with E-state index in [-0.39, 0.29) is 11.3 Å². The van der Waals surface area contributed by atoms with Gasteiger partial charge in [-0.2, -0.15) is 5.10 Å². The number of hydrogen-bond acceptors (Lipinski definition) is 3. The van der Waals surface area contributed by atoms with E-state index in [1.165, 1.54) is 4.68 Å². The van der Waals surface area contributed by atoms with Crippen LogP contribution in [0.1, 0.15) is 5.69 Å². The molecule has 1 N–H and O–H groups in total. The molecule has 0 bridgehead atoms. The quantitative estimate of drug-likeness (QED) is 0.672. The average molecular weight is 190 g/mol. The third kappa shape index (κ3) is 1.08. The first-order valence-corrected chi connectivity index (χ1v) is 4.27. The van der Waals surface area contributed by atoms with Gasteiger partial charge < -0.3 is 5.11 Å². The van der Waals surface area contributed by atoms with Crippen molar-refractivity contribution in [2.45, 2.75) is 6.92 Å². The molecule has 0 aliphatic rings. The minimum absolute atomic E-state index is 0.102. The second-order valence-electron chi connectivity index (χ2n) is 3.21. The van der Waals surface area contributed by atoms with Gasteiger partial charge in [-0.05, 0) is 19.1 Å². The Bertz CT molecular complexity index is 558. The van der Waals surface area contributed by atoms with Gasteiger partial charge in [0.15, 0.2) is 0 Å². The number of phenols is 1. The molecule has 0 atom stereocenters. The summed E-state index contributed by atoms with van der Waals surface area (Å²) >= 11 is 0. The maximum atomic E-state index is 11.6. The van der Waals surface area contributed by atoms with E-state index >= 15 is 0 Å². The SMILES string of the molecule is Cc1nn(C)c(=O)c2cccc(O)c12. The van der Waals surface area contributed by atoms with Crippen LogP contribution in [0.2, 0.25) is 0 Å². The van der Waals surface area contributed by atoms with Crippen LogP contribution in [0.4, 0.5) is 0 Å². The molecule has 2 aromatic rings. The van der Waals surface area contributed by atoms with Crippen molar-refractivity contribution >= 4 is 10.8 Å². The number of aromatic hydroxyl groups is 1. The summed E-state index contributed by atoms with van der Waals surface area (Å²) in [5.41, 5.74) is 0.460. The molecule has 0 aliphatic heterocycles. The summed E-state index contributed by atoms with van der Waals surface area (Å²) in [5.74, 6) is 0.102. The fourth-order valence-electron chi connectivity index (χ4n) is 1.59. The summed E-state index contributed by atoms with van der Waals surface area (Å²) in [6.45, 7) is 1.77. The van der Waals surface area contributed by atoms with Crippen LogP contribution >= 0.6 is 0 Å². The Kier molecular flexibility index (Phi) is 1.77. The number of nitrogens with zero attached hydrogens (tertiary/aromatic N) is 2. The molecule has 0 fully saturated rings. The molecule has 1 aromatic carbocycles. The number of aryl methyl sites for hydroxylation is 2. The number of rotatable bonds is 0. The van der Waals surface area contributed by atoms with E-state index in [2.05, 4.69) is 5.10 Å². The molecule has 14 heavy (non-hydrogen) atoms. The molecule has 0 saturated carbocycles. The first-order chi connectivity index (χ1) is 6.61. The minimum Gasteiger partial charge on any atom is -0.507 e. The molecule has 4 nitrogen and oxygen atoms in total. The summed E-state index contributed by atoms with van der Waals surface area (Å²) in [6.07, 6.45) is 0. The Morgan fingerprint density at radius 1 is 1.43 bits per heavy atom. The van der Waals surface area contributed by atoms with Gasteiger partial charge in [0.1, 0.15) is 5.75 Å². The normalized spacial score (nSPS) is 10.7. The third-order valence-corrected chi connectivity index (χ3v) is 2.23. The Labute approximate surface area is 80.4 Å². The summed E-state index contributed by atoms with van der Waals surface area (Å²) in [4.78, 5) is 11.6. The first-order valence-electron chi connectivity index (χ1n) is 4.27. The highest BCUT2D eigenvalue weighted by molar-refractivity contribution is 5.88. The summed E-state index contributed by atoms with van der Waals surface area (Å²) in [7, 11) is 1.60. The van der Waals surface area contributed by atoms with Gasteiger partial charge in [-0.1, -0.05) is 6.07 Å². The van der Waals surface area contributed by atoms with E-state index in [0.717, 1.165) is 0 Å². The van der Waals surface area contributed by atoms with Gasteiger partial charge in [0.25, 0.3) is 5.56 Å². The van der Waals surface area contributed by atoms with Crippen LogP contribution in [0, 0.1) is 6.92 Å². The van der Waals surface area contributed by atoms with Gasteiger partial charge in [0.2, 0.25) is 0 Å². The molecular formula is C10H10N2O2. The minimum atomic E-state index is -0.193. The highest BCUT2D eigenvalue weighted by Crippen LogP contribution is 2.23. The predicted molar refractivity (Wildman–Crippen MR) is 53.4 cm³/mol. The fraction of sp³-hybridized carbons (Fsp3) is 0.200. The molecule has 72 valence electrons. The Hall–Kier alpha value is -1.84. The van der Waals surface area contributed by atoms with E-state index in [1.807, 2.05) is 0 Å². The smallest absolute Gasteiger partial charge is 0.274 e. The first kappa shape index (κ1) is 8.74. The van der Waals surface area contributed by atoms with E-state index in [9.17, 15) is 9.90 Å². The van der Waals surface area contributed by atoms with E-state index in [0.29, 0.717) is 16.5 Å². The van der Waals surface area contributed by atoms with Crippen molar-refractivity contribution in [3.8, 4) is 5.75 Å². The van der Waals surface area contributed by atoms with Crippen molar-refractivity contribution in [3.63, 3.8) is 0 Å². The van der Waals surface area contributed by atoms with Crippen molar-refractivity contribution < 1.29 is 5.11 Å². The van der Waals surface area contributed by atoms with Crippen LogP contribution in [-0.2, 0) is 7.05 Å². The van der Waals surface area contributed by atoms with Crippen LogP contribution in [0.3, 0.4) is 0 Å². The lowest BCUT2D eigenvalue weighted by molar-refractivity contribution is 0.480. The van der Waals surface area contributed by atoms with Crippen LogP contribution < -0.4 is 5.56 Å². The zero-order chi connectivity index (χ0) is 10.3. The zero-order valence-corrected chi connectivity index (χ0v) is 7.98. The molecule has 0 amide bonds. The molecule has 0 unspecified atom stereocenters. The molecule has 1 aromatic heterocycles. The lowest BCUT2D eigenvalue weighted by Crippen LogP contribution is -2.20. The van der Waals surface area contributed by atoms with Gasteiger partial charge in [0, 0.05) is 7.05 Å². The monoisotopic (exact) mass is 190 g/mol. The molecule has 4 heteroatoms. The molecule has 1 heterocycles. The lowest BCUT2D eigenvalue weighted by atomic mass is 10.1.